The molecule has 5 nitrogen and oxygen atoms in total. The van der Waals surface area contributed by atoms with E-state index < -0.39 is 11.6 Å². The Balaban J connectivity index is 0.00000140. The Kier molecular flexibility index (Phi) is 7.84. The predicted octanol–water partition coefficient (Wildman–Crippen LogP) is 2.78. The van der Waals surface area contributed by atoms with Crippen LogP contribution in [0.2, 0.25) is 0 Å². The molecule has 28 heavy (non-hydrogen) atoms. The smallest absolute Gasteiger partial charge is 0.253 e. The number of amides is 1. The third kappa shape index (κ3) is 4.33. The zero-order valence-electron chi connectivity index (χ0n) is 15.7. The minimum atomic E-state index is -0.778. The van der Waals surface area contributed by atoms with Crippen molar-refractivity contribution in [3.63, 3.8) is 0 Å². The Morgan fingerprint density at radius 1 is 1.18 bits per heavy atom. The standard InChI is InChI=1S/C21H25N3O2.2ClH/c25-19-14-22-11-10-21(19,17-7-2-1-3-8-17)24-20(26)16-12-15-6-4-5-9-18(15)23-13-16;;/h1-3,7-8,12-13,19,22,25H,4-6,9-11,14H2,(H,24,26);2*1H/t19-,21-;;/m1../s1. The van der Waals surface area contributed by atoms with E-state index in [1.807, 2.05) is 36.4 Å². The van der Waals surface area contributed by atoms with E-state index >= 15 is 0 Å². The van der Waals surface area contributed by atoms with Gasteiger partial charge in [-0.2, -0.15) is 0 Å². The maximum absolute atomic E-state index is 13.0. The summed E-state index contributed by atoms with van der Waals surface area (Å²) < 4.78 is 0. The van der Waals surface area contributed by atoms with Crippen LogP contribution in [0.1, 0.15) is 46.4 Å². The first-order valence-electron chi connectivity index (χ1n) is 9.44. The van der Waals surface area contributed by atoms with Crippen molar-refractivity contribution in [3.05, 3.63) is 65.0 Å². The van der Waals surface area contributed by atoms with E-state index in [4.69, 9.17) is 0 Å². The summed E-state index contributed by atoms with van der Waals surface area (Å²) in [7, 11) is 0. The molecule has 0 unspecified atom stereocenters. The summed E-state index contributed by atoms with van der Waals surface area (Å²) in [5.41, 5.74) is 3.04. The number of halogens is 2. The van der Waals surface area contributed by atoms with Gasteiger partial charge in [0, 0.05) is 18.4 Å². The maximum atomic E-state index is 13.0. The van der Waals surface area contributed by atoms with Crippen molar-refractivity contribution >= 4 is 30.7 Å². The number of carbonyl (C=O) groups is 1. The molecule has 2 atom stereocenters. The van der Waals surface area contributed by atoms with Crippen LogP contribution in [0.4, 0.5) is 0 Å². The second-order valence-electron chi connectivity index (χ2n) is 7.30. The van der Waals surface area contributed by atoms with Gasteiger partial charge >= 0.3 is 0 Å². The molecule has 1 fully saturated rings. The van der Waals surface area contributed by atoms with Crippen molar-refractivity contribution in [2.45, 2.75) is 43.7 Å². The van der Waals surface area contributed by atoms with Crippen LogP contribution in [0.25, 0.3) is 0 Å². The molecule has 1 aliphatic heterocycles. The molecule has 1 amide bonds. The summed E-state index contributed by atoms with van der Waals surface area (Å²) >= 11 is 0. The Morgan fingerprint density at radius 2 is 1.93 bits per heavy atom. The Labute approximate surface area is 178 Å². The average Bonchev–Trinajstić information content (AvgIpc) is 2.70. The fraction of sp³-hybridized carbons (Fsp3) is 0.429. The summed E-state index contributed by atoms with van der Waals surface area (Å²) in [5, 5.41) is 17.1. The minimum absolute atomic E-state index is 0. The fourth-order valence-corrected chi connectivity index (χ4v) is 4.14. The second kappa shape index (κ2) is 9.70. The molecule has 1 aliphatic carbocycles. The quantitative estimate of drug-likeness (QED) is 0.709. The molecular formula is C21H27Cl2N3O2. The minimum Gasteiger partial charge on any atom is -0.389 e. The highest BCUT2D eigenvalue weighted by Crippen LogP contribution is 2.31. The Hall–Kier alpha value is -1.66. The van der Waals surface area contributed by atoms with E-state index in [0.29, 0.717) is 18.5 Å². The van der Waals surface area contributed by atoms with Crippen molar-refractivity contribution in [3.8, 4) is 0 Å². The summed E-state index contributed by atoms with van der Waals surface area (Å²) in [4.78, 5) is 17.6. The van der Waals surface area contributed by atoms with Gasteiger partial charge in [0.25, 0.3) is 5.91 Å². The number of rotatable bonds is 3. The van der Waals surface area contributed by atoms with Crippen LogP contribution >= 0.6 is 24.8 Å². The van der Waals surface area contributed by atoms with E-state index in [0.717, 1.165) is 37.1 Å². The number of pyridine rings is 1. The van der Waals surface area contributed by atoms with Gasteiger partial charge in [0.05, 0.1) is 17.2 Å². The zero-order chi connectivity index (χ0) is 18.0. The monoisotopic (exact) mass is 423 g/mol. The highest BCUT2D eigenvalue weighted by atomic mass is 35.5. The topological polar surface area (TPSA) is 74.2 Å². The number of benzene rings is 1. The molecule has 0 bridgehead atoms. The summed E-state index contributed by atoms with van der Waals surface area (Å²) in [5.74, 6) is -0.171. The molecule has 3 N–H and O–H groups in total. The normalized spacial score (nSPS) is 23.5. The number of fused-ring (bicyclic) bond motifs is 1. The van der Waals surface area contributed by atoms with Crippen LogP contribution in [0, 0.1) is 0 Å². The van der Waals surface area contributed by atoms with Gasteiger partial charge < -0.3 is 15.7 Å². The van der Waals surface area contributed by atoms with E-state index in [1.165, 1.54) is 12.0 Å². The van der Waals surface area contributed by atoms with Crippen molar-refractivity contribution in [1.82, 2.24) is 15.6 Å². The Bertz CT molecular complexity index is 803. The lowest BCUT2D eigenvalue weighted by atomic mass is 9.79. The predicted molar refractivity (Wildman–Crippen MR) is 114 cm³/mol. The largest absolute Gasteiger partial charge is 0.389 e. The number of carbonyl (C=O) groups excluding carboxylic acids is 1. The second-order valence-corrected chi connectivity index (χ2v) is 7.30. The molecule has 152 valence electrons. The summed E-state index contributed by atoms with van der Waals surface area (Å²) in [6.45, 7) is 1.20. The summed E-state index contributed by atoms with van der Waals surface area (Å²) in [6.07, 6.45) is 5.93. The lowest BCUT2D eigenvalue weighted by molar-refractivity contribution is 0.0289. The van der Waals surface area contributed by atoms with Gasteiger partial charge in [-0.25, -0.2) is 0 Å². The van der Waals surface area contributed by atoms with Gasteiger partial charge in [-0.3, -0.25) is 9.78 Å². The lowest BCUT2D eigenvalue weighted by Crippen LogP contribution is -2.61. The number of aryl methyl sites for hydroxylation is 2. The van der Waals surface area contributed by atoms with E-state index in [1.54, 1.807) is 6.20 Å². The van der Waals surface area contributed by atoms with E-state index in [9.17, 15) is 9.90 Å². The highest BCUT2D eigenvalue weighted by Gasteiger charge is 2.43. The third-order valence-corrected chi connectivity index (χ3v) is 5.66. The lowest BCUT2D eigenvalue weighted by Gasteiger charge is -2.43. The molecule has 0 spiro atoms. The van der Waals surface area contributed by atoms with Gasteiger partial charge in [-0.15, -0.1) is 24.8 Å². The van der Waals surface area contributed by atoms with Gasteiger partial charge in [-0.05, 0) is 55.8 Å². The third-order valence-electron chi connectivity index (χ3n) is 5.66. The molecule has 0 saturated carbocycles. The van der Waals surface area contributed by atoms with Gasteiger partial charge in [-0.1, -0.05) is 30.3 Å². The van der Waals surface area contributed by atoms with Crippen molar-refractivity contribution in [2.24, 2.45) is 0 Å². The van der Waals surface area contributed by atoms with Gasteiger partial charge in [0.15, 0.2) is 0 Å². The first-order valence-corrected chi connectivity index (χ1v) is 9.44. The first-order chi connectivity index (χ1) is 12.7. The Morgan fingerprint density at radius 3 is 2.68 bits per heavy atom. The number of aromatic nitrogens is 1. The molecule has 1 aromatic heterocycles. The van der Waals surface area contributed by atoms with Crippen molar-refractivity contribution in [1.29, 1.82) is 0 Å². The fourth-order valence-electron chi connectivity index (χ4n) is 4.14. The summed E-state index contributed by atoms with van der Waals surface area (Å²) in [6, 6.07) is 11.7. The average molecular weight is 424 g/mol. The van der Waals surface area contributed by atoms with Crippen LogP contribution in [0.5, 0.6) is 0 Å². The van der Waals surface area contributed by atoms with Crippen LogP contribution < -0.4 is 10.6 Å². The van der Waals surface area contributed by atoms with E-state index in [-0.39, 0.29) is 30.7 Å². The molecule has 1 aromatic carbocycles. The molecule has 4 rings (SSSR count). The van der Waals surface area contributed by atoms with Gasteiger partial charge in [0.2, 0.25) is 0 Å². The number of β-amino-alcohol motifs (C(OH)–C–C–N with tert-alkyl or cyclic N) is 1. The number of aliphatic hydroxyl groups is 1. The number of hydrogen-bond donors (Lipinski definition) is 3. The number of nitrogens with one attached hydrogen (secondary N) is 2. The van der Waals surface area contributed by atoms with Crippen LogP contribution in [-0.2, 0) is 18.4 Å². The molecule has 7 heteroatoms. The first kappa shape index (κ1) is 22.6. The molecule has 1 saturated heterocycles. The van der Waals surface area contributed by atoms with Crippen LogP contribution in [0.3, 0.4) is 0 Å². The van der Waals surface area contributed by atoms with Crippen molar-refractivity contribution < 1.29 is 9.90 Å². The van der Waals surface area contributed by atoms with Crippen LogP contribution in [0.15, 0.2) is 42.6 Å². The highest BCUT2D eigenvalue weighted by molar-refractivity contribution is 5.94. The van der Waals surface area contributed by atoms with Gasteiger partial charge in [0.1, 0.15) is 0 Å². The number of aliphatic hydroxyl groups excluding tert-OH is 1. The molecular weight excluding hydrogens is 397 g/mol. The number of hydrogen-bond acceptors (Lipinski definition) is 4. The molecule has 2 aromatic rings. The molecule has 0 radical (unpaired) electrons. The van der Waals surface area contributed by atoms with Crippen LogP contribution in [-0.4, -0.2) is 35.2 Å². The number of nitrogens with zero attached hydrogens (tertiary/aromatic N) is 1. The zero-order valence-corrected chi connectivity index (χ0v) is 17.3. The van der Waals surface area contributed by atoms with Crippen molar-refractivity contribution in [2.75, 3.05) is 13.1 Å². The maximum Gasteiger partial charge on any atom is 0.253 e. The number of piperidine rings is 1. The molecule has 2 aliphatic rings. The SMILES string of the molecule is Cl.Cl.O=C(N[C@@]1(c2ccccc2)CCNC[C@H]1O)c1cnc2c(c1)CCCC2. The van der Waals surface area contributed by atoms with E-state index in [2.05, 4.69) is 15.6 Å². The molecule has 2 heterocycles.